The molecule has 2 aromatic carbocycles. The van der Waals surface area contributed by atoms with E-state index in [4.69, 9.17) is 25.8 Å². The molecule has 1 heterocycles. The van der Waals surface area contributed by atoms with Gasteiger partial charge in [0.2, 0.25) is 0 Å². The summed E-state index contributed by atoms with van der Waals surface area (Å²) in [5.74, 6) is -0.719. The van der Waals surface area contributed by atoms with Crippen LogP contribution in [0.15, 0.2) is 65.4 Å². The number of nitrogens with one attached hydrogen (secondary N) is 1. The Balaban J connectivity index is 1.71. The molecule has 0 aromatic heterocycles. The van der Waals surface area contributed by atoms with Crippen LogP contribution in [0, 0.1) is 0 Å². The van der Waals surface area contributed by atoms with Crippen LogP contribution in [0.4, 0.5) is 5.69 Å². The van der Waals surface area contributed by atoms with Gasteiger partial charge in [0.25, 0.3) is 11.8 Å². The van der Waals surface area contributed by atoms with Gasteiger partial charge in [-0.3, -0.25) is 9.59 Å². The minimum atomic E-state index is -0.547. The van der Waals surface area contributed by atoms with Crippen LogP contribution >= 0.6 is 11.6 Å². The highest BCUT2D eigenvalue weighted by molar-refractivity contribution is 6.33. The smallest absolute Gasteiger partial charge is 0.340 e. The number of esters is 1. The van der Waals surface area contributed by atoms with Crippen LogP contribution in [-0.2, 0) is 23.9 Å². The van der Waals surface area contributed by atoms with E-state index in [1.165, 1.54) is 4.90 Å². The van der Waals surface area contributed by atoms with Gasteiger partial charge >= 0.3 is 5.97 Å². The molecule has 9 heteroatoms. The minimum Gasteiger partial charge on any atom is -0.484 e. The van der Waals surface area contributed by atoms with Gasteiger partial charge in [-0.2, -0.15) is 0 Å². The fourth-order valence-electron chi connectivity index (χ4n) is 3.51. The van der Waals surface area contributed by atoms with Gasteiger partial charge in [0, 0.05) is 19.4 Å². The molecule has 2 amide bonds. The number of halogens is 1. The van der Waals surface area contributed by atoms with Crippen molar-refractivity contribution < 1.29 is 28.6 Å². The average molecular weight is 499 g/mol. The lowest BCUT2D eigenvalue weighted by molar-refractivity contribution is -0.138. The fraction of sp³-hybridized carbons (Fsp3) is 0.269. The summed E-state index contributed by atoms with van der Waals surface area (Å²) in [6, 6.07) is 13.7. The molecule has 0 radical (unpaired) electrons. The second kappa shape index (κ2) is 12.2. The number of anilines is 1. The number of rotatable bonds is 10. The third-order valence-corrected chi connectivity index (χ3v) is 5.55. The van der Waals surface area contributed by atoms with Crippen LogP contribution in [0.1, 0.15) is 19.4 Å². The first-order valence-corrected chi connectivity index (χ1v) is 11.4. The van der Waals surface area contributed by atoms with Gasteiger partial charge in [0.1, 0.15) is 5.75 Å². The summed E-state index contributed by atoms with van der Waals surface area (Å²) >= 11 is 6.05. The number of carbonyl (C=O) groups is 3. The molecule has 0 saturated carbocycles. The number of benzene rings is 2. The first-order valence-electron chi connectivity index (χ1n) is 11.0. The van der Waals surface area contributed by atoms with Gasteiger partial charge in [-0.1, -0.05) is 35.9 Å². The fourth-order valence-corrected chi connectivity index (χ4v) is 3.69. The maximum Gasteiger partial charge on any atom is 0.340 e. The molecule has 35 heavy (non-hydrogen) atoms. The maximum atomic E-state index is 13.0. The standard InChI is InChI=1S/C26H27ClN2O6/c1-4-34-26(32)24-17(2)29(13-14-33-3)25(31)20(24)15-18-9-11-19(12-10-18)35-16-23(30)28-22-8-6-5-7-21(22)27/h5-12,15H,4,13-14,16H2,1-3H3,(H,28,30)/b20-15-. The van der Waals surface area contributed by atoms with Crippen LogP contribution in [0.2, 0.25) is 5.02 Å². The molecule has 2 aromatic rings. The van der Waals surface area contributed by atoms with E-state index in [1.54, 1.807) is 75.6 Å². The van der Waals surface area contributed by atoms with Crippen LogP contribution < -0.4 is 10.1 Å². The Morgan fingerprint density at radius 3 is 2.49 bits per heavy atom. The Morgan fingerprint density at radius 1 is 1.11 bits per heavy atom. The molecule has 0 aliphatic carbocycles. The Kier molecular flexibility index (Phi) is 9.05. The zero-order valence-corrected chi connectivity index (χ0v) is 20.6. The minimum absolute atomic E-state index is 0.200. The number of nitrogens with zero attached hydrogens (tertiary/aromatic N) is 1. The summed E-state index contributed by atoms with van der Waals surface area (Å²) in [6.45, 7) is 4.08. The van der Waals surface area contributed by atoms with E-state index in [0.717, 1.165) is 0 Å². The summed E-state index contributed by atoms with van der Waals surface area (Å²) in [6.07, 6.45) is 1.64. The summed E-state index contributed by atoms with van der Waals surface area (Å²) < 4.78 is 15.8. The van der Waals surface area contributed by atoms with E-state index in [0.29, 0.717) is 40.9 Å². The normalized spacial score (nSPS) is 14.5. The Labute approximate surface area is 209 Å². The van der Waals surface area contributed by atoms with Gasteiger partial charge < -0.3 is 24.4 Å². The van der Waals surface area contributed by atoms with E-state index in [-0.39, 0.29) is 36.2 Å². The number of amides is 2. The van der Waals surface area contributed by atoms with Crippen LogP contribution in [-0.4, -0.2) is 56.2 Å². The van der Waals surface area contributed by atoms with Crippen molar-refractivity contribution in [1.29, 1.82) is 0 Å². The Morgan fingerprint density at radius 2 is 1.83 bits per heavy atom. The van der Waals surface area contributed by atoms with E-state index in [1.807, 2.05) is 0 Å². The van der Waals surface area contributed by atoms with Crippen molar-refractivity contribution in [2.24, 2.45) is 0 Å². The van der Waals surface area contributed by atoms with Gasteiger partial charge in [-0.05, 0) is 49.8 Å². The van der Waals surface area contributed by atoms with Crippen LogP contribution in [0.3, 0.4) is 0 Å². The monoisotopic (exact) mass is 498 g/mol. The molecular formula is C26H27ClN2O6. The van der Waals surface area contributed by atoms with E-state index < -0.39 is 5.97 Å². The lowest BCUT2D eigenvalue weighted by Gasteiger charge is -2.16. The van der Waals surface area contributed by atoms with Gasteiger partial charge in [-0.15, -0.1) is 0 Å². The summed E-state index contributed by atoms with van der Waals surface area (Å²) in [5, 5.41) is 3.13. The lowest BCUT2D eigenvalue weighted by Crippen LogP contribution is -2.28. The molecule has 0 fully saturated rings. The number of allylic oxidation sites excluding steroid dienone is 1. The number of methoxy groups -OCH3 is 1. The largest absolute Gasteiger partial charge is 0.484 e. The van der Waals surface area contributed by atoms with Gasteiger partial charge in [-0.25, -0.2) is 4.79 Å². The lowest BCUT2D eigenvalue weighted by atomic mass is 10.0. The number of hydrogen-bond donors (Lipinski definition) is 1. The molecule has 0 atom stereocenters. The average Bonchev–Trinajstić information content (AvgIpc) is 3.07. The maximum absolute atomic E-state index is 13.0. The highest BCUT2D eigenvalue weighted by Gasteiger charge is 2.36. The topological polar surface area (TPSA) is 94.2 Å². The molecule has 184 valence electrons. The van der Waals surface area contributed by atoms with E-state index in [2.05, 4.69) is 5.32 Å². The zero-order valence-electron chi connectivity index (χ0n) is 19.8. The zero-order chi connectivity index (χ0) is 25.4. The van der Waals surface area contributed by atoms with Crippen molar-refractivity contribution in [3.8, 4) is 5.75 Å². The van der Waals surface area contributed by atoms with Crippen molar-refractivity contribution in [2.45, 2.75) is 13.8 Å². The highest BCUT2D eigenvalue weighted by atomic mass is 35.5. The van der Waals surface area contributed by atoms with Gasteiger partial charge in [0.15, 0.2) is 6.61 Å². The van der Waals surface area contributed by atoms with Crippen LogP contribution in [0.5, 0.6) is 5.75 Å². The highest BCUT2D eigenvalue weighted by Crippen LogP contribution is 2.31. The van der Waals surface area contributed by atoms with Gasteiger partial charge in [0.05, 0.1) is 35.1 Å². The predicted molar refractivity (Wildman–Crippen MR) is 133 cm³/mol. The molecule has 0 spiro atoms. The Bertz CT molecular complexity index is 1160. The number of ether oxygens (including phenoxy) is 3. The number of hydrogen-bond acceptors (Lipinski definition) is 6. The van der Waals surface area contributed by atoms with E-state index >= 15 is 0 Å². The molecule has 1 aliphatic rings. The molecule has 0 bridgehead atoms. The SMILES string of the molecule is CCOC(=O)C1=C(C)N(CCOC)C(=O)/C1=C\c1ccc(OCC(=O)Nc2ccccc2Cl)cc1. The molecule has 8 nitrogen and oxygen atoms in total. The molecular weight excluding hydrogens is 472 g/mol. The summed E-state index contributed by atoms with van der Waals surface area (Å²) in [5.41, 5.74) is 2.21. The molecule has 1 aliphatic heterocycles. The molecule has 3 rings (SSSR count). The number of para-hydroxylation sites is 1. The van der Waals surface area contributed by atoms with Crippen molar-refractivity contribution in [2.75, 3.05) is 38.8 Å². The van der Waals surface area contributed by atoms with Crippen molar-refractivity contribution in [3.05, 3.63) is 76.0 Å². The molecule has 0 unspecified atom stereocenters. The van der Waals surface area contributed by atoms with Crippen LogP contribution in [0.25, 0.3) is 6.08 Å². The number of carbonyl (C=O) groups excluding carboxylic acids is 3. The summed E-state index contributed by atoms with van der Waals surface area (Å²) in [7, 11) is 1.55. The summed E-state index contributed by atoms with van der Waals surface area (Å²) in [4.78, 5) is 39.3. The first kappa shape index (κ1) is 26.0. The molecule has 1 N–H and O–H groups in total. The Hall–Kier alpha value is -3.62. The quantitative estimate of drug-likeness (QED) is 0.392. The second-order valence-electron chi connectivity index (χ2n) is 7.57. The van der Waals surface area contributed by atoms with Crippen molar-refractivity contribution >= 4 is 41.1 Å². The third-order valence-electron chi connectivity index (χ3n) is 5.22. The predicted octanol–water partition coefficient (Wildman–Crippen LogP) is 4.07. The first-order chi connectivity index (χ1) is 16.8. The third kappa shape index (κ3) is 6.49. The molecule has 0 saturated heterocycles. The van der Waals surface area contributed by atoms with Crippen molar-refractivity contribution in [1.82, 2.24) is 4.90 Å². The van der Waals surface area contributed by atoms with Crippen molar-refractivity contribution in [3.63, 3.8) is 0 Å². The van der Waals surface area contributed by atoms with E-state index in [9.17, 15) is 14.4 Å². The second-order valence-corrected chi connectivity index (χ2v) is 7.98.